The monoisotopic (exact) mass is 472 g/mol. The van der Waals surface area contributed by atoms with Crippen LogP contribution < -0.4 is 10.2 Å². The van der Waals surface area contributed by atoms with Crippen molar-refractivity contribution in [3.8, 4) is 5.75 Å². The average Bonchev–Trinajstić information content (AvgIpc) is 2.81. The molecule has 0 spiro atoms. The van der Waals surface area contributed by atoms with Crippen LogP contribution in [-0.4, -0.2) is 18.1 Å². The minimum atomic E-state index is -0.481. The summed E-state index contributed by atoms with van der Waals surface area (Å²) in [6, 6.07) is 27.0. The van der Waals surface area contributed by atoms with Gasteiger partial charge < -0.3 is 4.74 Å². The van der Waals surface area contributed by atoms with Gasteiger partial charge in [-0.3, -0.25) is 4.79 Å². The SMILES string of the molecule is O=C(N/N=C\c1c(OC(=O)c2ccc(Br)cc2)ccc2ccccc12)c1ccccc1. The lowest BCUT2D eigenvalue weighted by atomic mass is 10.0. The van der Waals surface area contributed by atoms with Crippen LogP contribution in [0.4, 0.5) is 0 Å². The first kappa shape index (κ1) is 20.5. The lowest BCUT2D eigenvalue weighted by Gasteiger charge is -2.10. The van der Waals surface area contributed by atoms with Crippen LogP contribution in [0.3, 0.4) is 0 Å². The van der Waals surface area contributed by atoms with E-state index in [0.717, 1.165) is 15.2 Å². The molecule has 0 aliphatic rings. The number of ether oxygens (including phenoxy) is 1. The summed E-state index contributed by atoms with van der Waals surface area (Å²) in [7, 11) is 0. The molecule has 31 heavy (non-hydrogen) atoms. The first-order chi connectivity index (χ1) is 15.1. The van der Waals surface area contributed by atoms with Gasteiger partial charge in [0.05, 0.1) is 11.8 Å². The average molecular weight is 473 g/mol. The topological polar surface area (TPSA) is 67.8 Å². The summed E-state index contributed by atoms with van der Waals surface area (Å²) >= 11 is 3.35. The third-order valence-corrected chi connectivity index (χ3v) is 5.14. The second-order valence-corrected chi connectivity index (χ2v) is 7.58. The molecule has 0 aliphatic heterocycles. The largest absolute Gasteiger partial charge is 0.422 e. The summed E-state index contributed by atoms with van der Waals surface area (Å²) in [5.41, 5.74) is 4.04. The van der Waals surface area contributed by atoms with Gasteiger partial charge in [-0.2, -0.15) is 5.10 Å². The number of carbonyl (C=O) groups excluding carboxylic acids is 2. The molecule has 152 valence electrons. The molecule has 0 radical (unpaired) electrons. The summed E-state index contributed by atoms with van der Waals surface area (Å²) < 4.78 is 6.54. The van der Waals surface area contributed by atoms with Crippen molar-refractivity contribution in [1.82, 2.24) is 5.43 Å². The molecule has 4 aromatic rings. The minimum Gasteiger partial charge on any atom is -0.422 e. The number of hydrogen-bond acceptors (Lipinski definition) is 4. The van der Waals surface area contributed by atoms with E-state index in [1.54, 1.807) is 54.6 Å². The van der Waals surface area contributed by atoms with Crippen LogP contribution in [0.1, 0.15) is 26.3 Å². The number of amides is 1. The number of halogens is 1. The molecule has 0 aliphatic carbocycles. The smallest absolute Gasteiger partial charge is 0.343 e. The third kappa shape index (κ3) is 4.87. The molecule has 0 aromatic heterocycles. The molecule has 1 N–H and O–H groups in total. The second-order valence-electron chi connectivity index (χ2n) is 6.66. The highest BCUT2D eigenvalue weighted by Crippen LogP contribution is 2.27. The van der Waals surface area contributed by atoms with Gasteiger partial charge in [0, 0.05) is 15.6 Å². The van der Waals surface area contributed by atoms with Gasteiger partial charge in [0.1, 0.15) is 5.75 Å². The van der Waals surface area contributed by atoms with E-state index < -0.39 is 5.97 Å². The van der Waals surface area contributed by atoms with Crippen molar-refractivity contribution in [1.29, 1.82) is 0 Å². The van der Waals surface area contributed by atoms with Gasteiger partial charge in [0.2, 0.25) is 0 Å². The van der Waals surface area contributed by atoms with E-state index in [1.807, 2.05) is 36.4 Å². The molecule has 4 aromatic carbocycles. The molecule has 0 fully saturated rings. The number of benzene rings is 4. The lowest BCUT2D eigenvalue weighted by Crippen LogP contribution is -2.17. The standard InChI is InChI=1S/C25H17BrN2O3/c26-20-13-10-19(11-14-20)25(30)31-23-15-12-17-6-4-5-9-21(17)22(23)16-27-28-24(29)18-7-2-1-3-8-18/h1-16H,(H,28,29)/b27-16-. The zero-order chi connectivity index (χ0) is 21.6. The van der Waals surface area contributed by atoms with E-state index in [-0.39, 0.29) is 5.91 Å². The number of hydrogen-bond donors (Lipinski definition) is 1. The van der Waals surface area contributed by atoms with E-state index in [2.05, 4.69) is 26.5 Å². The number of carbonyl (C=O) groups is 2. The van der Waals surface area contributed by atoms with Crippen LogP contribution in [0.5, 0.6) is 5.75 Å². The van der Waals surface area contributed by atoms with E-state index in [1.165, 1.54) is 6.21 Å². The Labute approximate surface area is 187 Å². The Morgan fingerprint density at radius 2 is 1.52 bits per heavy atom. The first-order valence-corrected chi connectivity index (χ1v) is 10.3. The van der Waals surface area contributed by atoms with Crippen molar-refractivity contribution in [3.05, 3.63) is 112 Å². The quantitative estimate of drug-likeness (QED) is 0.178. The fourth-order valence-electron chi connectivity index (χ4n) is 3.05. The lowest BCUT2D eigenvalue weighted by molar-refractivity contribution is 0.0734. The Kier molecular flexibility index (Phi) is 6.19. The normalized spacial score (nSPS) is 10.9. The zero-order valence-electron chi connectivity index (χ0n) is 16.3. The minimum absolute atomic E-state index is 0.328. The molecule has 0 saturated carbocycles. The molecule has 6 heteroatoms. The number of hydrazone groups is 1. The van der Waals surface area contributed by atoms with Gasteiger partial charge in [-0.05, 0) is 53.2 Å². The van der Waals surface area contributed by atoms with Crippen molar-refractivity contribution in [2.24, 2.45) is 5.10 Å². The van der Waals surface area contributed by atoms with Crippen LogP contribution in [0.15, 0.2) is 101 Å². The highest BCUT2D eigenvalue weighted by atomic mass is 79.9. The Morgan fingerprint density at radius 1 is 0.806 bits per heavy atom. The fraction of sp³-hybridized carbons (Fsp3) is 0. The number of nitrogens with one attached hydrogen (secondary N) is 1. The highest BCUT2D eigenvalue weighted by Gasteiger charge is 2.13. The van der Waals surface area contributed by atoms with E-state index in [9.17, 15) is 9.59 Å². The van der Waals surface area contributed by atoms with Crippen molar-refractivity contribution in [2.45, 2.75) is 0 Å². The number of esters is 1. The van der Waals surface area contributed by atoms with Crippen LogP contribution in [0, 0.1) is 0 Å². The fourth-order valence-corrected chi connectivity index (χ4v) is 3.32. The third-order valence-electron chi connectivity index (χ3n) is 4.61. The highest BCUT2D eigenvalue weighted by molar-refractivity contribution is 9.10. The summed E-state index contributed by atoms with van der Waals surface area (Å²) in [6.07, 6.45) is 1.49. The molecular weight excluding hydrogens is 456 g/mol. The maximum Gasteiger partial charge on any atom is 0.343 e. The summed E-state index contributed by atoms with van der Waals surface area (Å²) in [6.45, 7) is 0. The molecular formula is C25H17BrN2O3. The van der Waals surface area contributed by atoms with Crippen LogP contribution in [0.2, 0.25) is 0 Å². The van der Waals surface area contributed by atoms with Gasteiger partial charge in [0.15, 0.2) is 0 Å². The predicted octanol–water partition coefficient (Wildman–Crippen LogP) is 5.59. The number of rotatable bonds is 5. The van der Waals surface area contributed by atoms with Gasteiger partial charge in [0.25, 0.3) is 5.91 Å². The van der Waals surface area contributed by atoms with Crippen LogP contribution in [0.25, 0.3) is 10.8 Å². The molecule has 4 rings (SSSR count). The molecule has 5 nitrogen and oxygen atoms in total. The summed E-state index contributed by atoms with van der Waals surface area (Å²) in [5.74, 6) is -0.458. The van der Waals surface area contributed by atoms with E-state index >= 15 is 0 Å². The van der Waals surface area contributed by atoms with Crippen LogP contribution in [-0.2, 0) is 0 Å². The van der Waals surface area contributed by atoms with Gasteiger partial charge >= 0.3 is 5.97 Å². The van der Waals surface area contributed by atoms with Gasteiger partial charge in [-0.25, -0.2) is 10.2 Å². The first-order valence-electron chi connectivity index (χ1n) is 9.50. The maximum atomic E-state index is 12.6. The van der Waals surface area contributed by atoms with Gasteiger partial charge in [-0.1, -0.05) is 64.5 Å². The van der Waals surface area contributed by atoms with E-state index in [0.29, 0.717) is 22.4 Å². The number of nitrogens with zero attached hydrogens (tertiary/aromatic N) is 1. The Balaban J connectivity index is 1.63. The van der Waals surface area contributed by atoms with Crippen molar-refractivity contribution in [2.75, 3.05) is 0 Å². The van der Waals surface area contributed by atoms with Crippen LogP contribution >= 0.6 is 15.9 Å². The molecule has 0 unspecified atom stereocenters. The Morgan fingerprint density at radius 3 is 2.29 bits per heavy atom. The Hall–Kier alpha value is -3.77. The molecule has 0 atom stereocenters. The maximum absolute atomic E-state index is 12.6. The molecule has 1 amide bonds. The molecule has 0 heterocycles. The second kappa shape index (κ2) is 9.36. The van der Waals surface area contributed by atoms with Crippen molar-refractivity contribution >= 4 is 44.8 Å². The van der Waals surface area contributed by atoms with E-state index in [4.69, 9.17) is 4.74 Å². The number of fused-ring (bicyclic) bond motifs is 1. The zero-order valence-corrected chi connectivity index (χ0v) is 17.9. The summed E-state index contributed by atoms with van der Waals surface area (Å²) in [4.78, 5) is 24.9. The van der Waals surface area contributed by atoms with Crippen molar-refractivity contribution in [3.63, 3.8) is 0 Å². The molecule has 0 bridgehead atoms. The van der Waals surface area contributed by atoms with Crippen molar-refractivity contribution < 1.29 is 14.3 Å². The predicted molar refractivity (Wildman–Crippen MR) is 125 cm³/mol. The molecule has 0 saturated heterocycles. The van der Waals surface area contributed by atoms with Gasteiger partial charge in [-0.15, -0.1) is 0 Å². The summed E-state index contributed by atoms with van der Waals surface area (Å²) in [5, 5.41) is 5.91. The Bertz CT molecular complexity index is 1270.